The molecule has 1 aromatic carbocycles. The third-order valence-corrected chi connectivity index (χ3v) is 4.32. The van der Waals surface area contributed by atoms with Crippen LogP contribution in [-0.2, 0) is 9.59 Å². The topological polar surface area (TPSA) is 71.5 Å². The molecule has 0 spiro atoms. The highest BCUT2D eigenvalue weighted by Gasteiger charge is 2.29. The summed E-state index contributed by atoms with van der Waals surface area (Å²) in [4.78, 5) is 29.9. The zero-order valence-corrected chi connectivity index (χ0v) is 15.0. The van der Waals surface area contributed by atoms with Gasteiger partial charge in [-0.2, -0.15) is 0 Å². The Balaban J connectivity index is 1.77. The number of aromatic nitrogens is 1. The van der Waals surface area contributed by atoms with E-state index >= 15 is 0 Å². The molecule has 1 N–H and O–H groups in total. The van der Waals surface area contributed by atoms with E-state index < -0.39 is 0 Å². The van der Waals surface area contributed by atoms with Crippen LogP contribution in [0.4, 0.5) is 11.5 Å². The summed E-state index contributed by atoms with van der Waals surface area (Å²) in [6.07, 6.45) is 0. The van der Waals surface area contributed by atoms with Gasteiger partial charge in [0, 0.05) is 10.7 Å². The molecule has 2 heterocycles. The van der Waals surface area contributed by atoms with Crippen LogP contribution < -0.4 is 15.0 Å². The third kappa shape index (κ3) is 3.52. The second kappa shape index (κ2) is 6.78. The van der Waals surface area contributed by atoms with E-state index in [4.69, 9.17) is 16.3 Å². The number of ether oxygens (including phenoxy) is 1. The summed E-state index contributed by atoms with van der Waals surface area (Å²) in [5, 5.41) is 3.29. The van der Waals surface area contributed by atoms with Crippen molar-refractivity contribution in [2.45, 2.75) is 6.92 Å². The highest BCUT2D eigenvalue weighted by molar-refractivity contribution is 9.10. The molecular formula is C16H13BrClN3O3. The first-order chi connectivity index (χ1) is 11.4. The van der Waals surface area contributed by atoms with Crippen molar-refractivity contribution in [2.24, 2.45) is 0 Å². The van der Waals surface area contributed by atoms with Gasteiger partial charge in [0.25, 0.3) is 5.91 Å². The van der Waals surface area contributed by atoms with Crippen LogP contribution in [0.2, 0.25) is 5.02 Å². The van der Waals surface area contributed by atoms with E-state index in [0.717, 1.165) is 5.56 Å². The summed E-state index contributed by atoms with van der Waals surface area (Å²) in [5.41, 5.74) is 1.49. The Morgan fingerprint density at radius 2 is 2.21 bits per heavy atom. The predicted octanol–water partition coefficient (Wildman–Crippen LogP) is 3.17. The number of benzene rings is 1. The second-order valence-corrected chi connectivity index (χ2v) is 6.46. The number of fused-ring (bicyclic) bond motifs is 1. The van der Waals surface area contributed by atoms with Crippen LogP contribution in [0.25, 0.3) is 0 Å². The van der Waals surface area contributed by atoms with Gasteiger partial charge in [0.05, 0.1) is 0 Å². The van der Waals surface area contributed by atoms with Crippen molar-refractivity contribution in [3.05, 3.63) is 45.5 Å². The van der Waals surface area contributed by atoms with Crippen molar-refractivity contribution in [3.63, 3.8) is 0 Å². The van der Waals surface area contributed by atoms with Gasteiger partial charge in [-0.05, 0) is 52.7 Å². The number of anilines is 2. The zero-order valence-electron chi connectivity index (χ0n) is 12.7. The third-order valence-electron chi connectivity index (χ3n) is 3.47. The number of carbonyl (C=O) groups excluding carboxylic acids is 2. The molecular weight excluding hydrogens is 398 g/mol. The van der Waals surface area contributed by atoms with Crippen LogP contribution >= 0.6 is 27.5 Å². The van der Waals surface area contributed by atoms with Gasteiger partial charge < -0.3 is 10.1 Å². The van der Waals surface area contributed by atoms with Gasteiger partial charge in [0.15, 0.2) is 18.2 Å². The molecule has 1 aliphatic rings. The van der Waals surface area contributed by atoms with Crippen molar-refractivity contribution in [2.75, 3.05) is 23.4 Å². The van der Waals surface area contributed by atoms with E-state index in [9.17, 15) is 9.59 Å². The highest BCUT2D eigenvalue weighted by atomic mass is 79.9. The molecule has 0 saturated heterocycles. The normalized spacial score (nSPS) is 13.3. The lowest BCUT2D eigenvalue weighted by Gasteiger charge is -2.27. The van der Waals surface area contributed by atoms with Crippen molar-refractivity contribution in [3.8, 4) is 5.75 Å². The molecule has 1 aromatic heterocycles. The van der Waals surface area contributed by atoms with Gasteiger partial charge in [0.1, 0.15) is 11.1 Å². The zero-order chi connectivity index (χ0) is 17.3. The fraction of sp³-hybridized carbons (Fsp3) is 0.188. The van der Waals surface area contributed by atoms with Crippen LogP contribution in [0.5, 0.6) is 5.75 Å². The first kappa shape index (κ1) is 16.7. The van der Waals surface area contributed by atoms with E-state index in [1.165, 1.54) is 4.90 Å². The number of carbonyl (C=O) groups is 2. The molecule has 0 atom stereocenters. The number of nitrogens with zero attached hydrogens (tertiary/aromatic N) is 2. The van der Waals surface area contributed by atoms with E-state index in [2.05, 4.69) is 26.2 Å². The summed E-state index contributed by atoms with van der Waals surface area (Å²) >= 11 is 9.30. The van der Waals surface area contributed by atoms with Crippen molar-refractivity contribution < 1.29 is 14.3 Å². The molecule has 0 aliphatic carbocycles. The molecule has 2 amide bonds. The quantitative estimate of drug-likeness (QED) is 0.789. The number of aryl methyl sites for hydroxylation is 1. The van der Waals surface area contributed by atoms with Gasteiger partial charge in [-0.1, -0.05) is 17.7 Å². The van der Waals surface area contributed by atoms with Crippen LogP contribution in [0.1, 0.15) is 5.56 Å². The maximum Gasteiger partial charge on any atom is 0.266 e. The van der Waals surface area contributed by atoms with Gasteiger partial charge in [0.2, 0.25) is 5.91 Å². The summed E-state index contributed by atoms with van der Waals surface area (Å²) in [6.45, 7) is 1.59. The SMILES string of the molecule is Cc1ccc(NC(=O)CN2C(=O)COc3ccc(Br)nc32)cc1Cl. The minimum atomic E-state index is -0.349. The van der Waals surface area contributed by atoms with Crippen LogP contribution in [-0.4, -0.2) is 29.9 Å². The van der Waals surface area contributed by atoms with Crippen LogP contribution in [0.3, 0.4) is 0 Å². The number of hydrogen-bond acceptors (Lipinski definition) is 4. The number of nitrogens with one attached hydrogen (secondary N) is 1. The van der Waals surface area contributed by atoms with E-state index in [1.807, 2.05) is 13.0 Å². The summed E-state index contributed by atoms with van der Waals surface area (Å²) < 4.78 is 5.88. The molecule has 24 heavy (non-hydrogen) atoms. The van der Waals surface area contributed by atoms with Crippen molar-refractivity contribution in [1.29, 1.82) is 0 Å². The van der Waals surface area contributed by atoms with Gasteiger partial charge >= 0.3 is 0 Å². The Bertz CT molecular complexity index is 828. The second-order valence-electron chi connectivity index (χ2n) is 5.24. The monoisotopic (exact) mass is 409 g/mol. The maximum absolute atomic E-state index is 12.3. The minimum absolute atomic E-state index is 0.125. The van der Waals surface area contributed by atoms with Crippen LogP contribution in [0.15, 0.2) is 34.9 Å². The molecule has 1 aliphatic heterocycles. The van der Waals surface area contributed by atoms with Gasteiger partial charge in [-0.25, -0.2) is 4.98 Å². The average molecular weight is 411 g/mol. The highest BCUT2D eigenvalue weighted by Crippen LogP contribution is 2.31. The number of amides is 2. The molecule has 2 aromatic rings. The maximum atomic E-state index is 12.3. The smallest absolute Gasteiger partial charge is 0.266 e. The van der Waals surface area contributed by atoms with E-state index in [-0.39, 0.29) is 25.0 Å². The largest absolute Gasteiger partial charge is 0.480 e. The van der Waals surface area contributed by atoms with E-state index in [0.29, 0.717) is 26.9 Å². The predicted molar refractivity (Wildman–Crippen MR) is 94.6 cm³/mol. The molecule has 0 radical (unpaired) electrons. The Morgan fingerprint density at radius 3 is 2.96 bits per heavy atom. The summed E-state index contributed by atoms with van der Waals surface area (Å²) in [6, 6.07) is 8.64. The fourth-order valence-electron chi connectivity index (χ4n) is 2.23. The van der Waals surface area contributed by atoms with Crippen LogP contribution in [0, 0.1) is 6.92 Å². The van der Waals surface area contributed by atoms with Gasteiger partial charge in [-0.15, -0.1) is 0 Å². The molecule has 0 fully saturated rings. The molecule has 0 unspecified atom stereocenters. The Morgan fingerprint density at radius 1 is 1.42 bits per heavy atom. The standard InChI is InChI=1S/C16H13BrClN3O3/c1-9-2-3-10(6-11(9)18)19-14(22)7-21-15(23)8-24-12-4-5-13(17)20-16(12)21/h2-6H,7-8H2,1H3,(H,19,22). The first-order valence-corrected chi connectivity index (χ1v) is 8.27. The molecule has 6 nitrogen and oxygen atoms in total. The van der Waals surface area contributed by atoms with Crippen molar-refractivity contribution in [1.82, 2.24) is 4.98 Å². The van der Waals surface area contributed by atoms with Gasteiger partial charge in [-0.3, -0.25) is 14.5 Å². The van der Waals surface area contributed by atoms with Crippen molar-refractivity contribution >= 4 is 50.9 Å². The Kier molecular flexibility index (Phi) is 4.73. The first-order valence-electron chi connectivity index (χ1n) is 7.10. The number of rotatable bonds is 3. The lowest BCUT2D eigenvalue weighted by molar-refractivity contribution is -0.123. The molecule has 8 heteroatoms. The molecule has 0 saturated carbocycles. The summed E-state index contributed by atoms with van der Waals surface area (Å²) in [7, 11) is 0. The fourth-order valence-corrected chi connectivity index (χ4v) is 2.71. The van der Waals surface area contributed by atoms with E-state index in [1.54, 1.807) is 24.3 Å². The number of hydrogen-bond donors (Lipinski definition) is 1. The number of pyridine rings is 1. The molecule has 124 valence electrons. The average Bonchev–Trinajstić information content (AvgIpc) is 2.54. The minimum Gasteiger partial charge on any atom is -0.480 e. The Labute approximate surface area is 151 Å². The number of halogens is 2. The Hall–Kier alpha value is -2.12. The molecule has 0 bridgehead atoms. The summed E-state index contributed by atoms with van der Waals surface area (Å²) in [5.74, 6) is 0.102. The lowest BCUT2D eigenvalue weighted by atomic mass is 10.2. The lowest BCUT2D eigenvalue weighted by Crippen LogP contribution is -2.44. The molecule has 3 rings (SSSR count).